The summed E-state index contributed by atoms with van der Waals surface area (Å²) in [5.74, 6) is 1.30. The highest BCUT2D eigenvalue weighted by molar-refractivity contribution is 7.18. The van der Waals surface area contributed by atoms with E-state index in [9.17, 15) is 0 Å². The Bertz CT molecular complexity index is 1010. The van der Waals surface area contributed by atoms with E-state index in [2.05, 4.69) is 34.5 Å². The maximum Gasteiger partial charge on any atom is 0.271 e. The zero-order chi connectivity index (χ0) is 18.1. The Hall–Kier alpha value is -2.57. The van der Waals surface area contributed by atoms with Crippen LogP contribution in [0.5, 0.6) is 0 Å². The van der Waals surface area contributed by atoms with Crippen molar-refractivity contribution in [1.29, 1.82) is 0 Å². The van der Waals surface area contributed by atoms with Crippen LogP contribution in [0.2, 0.25) is 0 Å². The molecule has 1 fully saturated rings. The predicted molar refractivity (Wildman–Crippen MR) is 105 cm³/mol. The first-order valence-corrected chi connectivity index (χ1v) is 10.3. The highest BCUT2D eigenvalue weighted by Gasteiger charge is 2.31. The van der Waals surface area contributed by atoms with Gasteiger partial charge in [-0.05, 0) is 37.1 Å². The van der Waals surface area contributed by atoms with Gasteiger partial charge in [0.05, 0.1) is 16.8 Å². The molecule has 1 unspecified atom stereocenters. The highest BCUT2D eigenvalue weighted by atomic mass is 32.1. The summed E-state index contributed by atoms with van der Waals surface area (Å²) in [6.07, 6.45) is 3.65. The molecule has 136 valence electrons. The van der Waals surface area contributed by atoms with Crippen LogP contribution in [0.4, 0.5) is 0 Å². The molecule has 1 aliphatic heterocycles. The number of nitrogens with one attached hydrogen (secondary N) is 1. The zero-order valence-corrected chi connectivity index (χ0v) is 15.8. The zero-order valence-electron chi connectivity index (χ0n) is 15.0. The SMILES string of the molecule is c1ccc(-c2nnc(C[NH+]3CCCC[C@@H]3c3nc4ccccc4s3)o2)cc1. The lowest BCUT2D eigenvalue weighted by Gasteiger charge is -2.30. The molecule has 0 amide bonds. The van der Waals surface area contributed by atoms with Gasteiger partial charge < -0.3 is 9.32 Å². The standard InChI is InChI=1S/C21H20N4OS/c1-2-8-15(9-3-1)20-24-23-19(26-20)14-25-13-7-6-11-17(25)21-22-16-10-4-5-12-18(16)27-21/h1-5,8-10,12,17H,6-7,11,13-14H2/p+1/t17-/m1/s1. The van der Waals surface area contributed by atoms with E-state index in [0.29, 0.717) is 17.8 Å². The number of hydrogen-bond acceptors (Lipinski definition) is 5. The molecule has 5 nitrogen and oxygen atoms in total. The van der Waals surface area contributed by atoms with Crippen molar-refractivity contribution in [2.45, 2.75) is 31.8 Å². The predicted octanol–water partition coefficient (Wildman–Crippen LogP) is 3.66. The molecule has 27 heavy (non-hydrogen) atoms. The summed E-state index contributed by atoms with van der Waals surface area (Å²) in [5, 5.41) is 9.77. The van der Waals surface area contributed by atoms with Gasteiger partial charge in [0.1, 0.15) is 6.04 Å². The first kappa shape index (κ1) is 16.6. The second-order valence-corrected chi connectivity index (χ2v) is 8.08. The molecule has 0 radical (unpaired) electrons. The number of hydrogen-bond donors (Lipinski definition) is 1. The van der Waals surface area contributed by atoms with Gasteiger partial charge in [0, 0.05) is 12.0 Å². The van der Waals surface area contributed by atoms with Crippen molar-refractivity contribution < 1.29 is 9.32 Å². The molecule has 0 aliphatic carbocycles. The van der Waals surface area contributed by atoms with Crippen LogP contribution in [-0.4, -0.2) is 21.7 Å². The van der Waals surface area contributed by atoms with E-state index in [1.54, 1.807) is 0 Å². The Morgan fingerprint density at radius 1 is 1.00 bits per heavy atom. The van der Waals surface area contributed by atoms with Crippen molar-refractivity contribution in [2.75, 3.05) is 6.54 Å². The Balaban J connectivity index is 1.39. The first-order valence-electron chi connectivity index (χ1n) is 9.45. The molecule has 0 bridgehead atoms. The van der Waals surface area contributed by atoms with Gasteiger partial charge in [-0.2, -0.15) is 0 Å². The molecule has 0 spiro atoms. The van der Waals surface area contributed by atoms with Crippen molar-refractivity contribution in [3.05, 3.63) is 65.5 Å². The third kappa shape index (κ3) is 3.38. The van der Waals surface area contributed by atoms with Crippen LogP contribution < -0.4 is 4.90 Å². The summed E-state index contributed by atoms with van der Waals surface area (Å²) >= 11 is 1.82. The van der Waals surface area contributed by atoms with Crippen LogP contribution in [0, 0.1) is 0 Å². The van der Waals surface area contributed by atoms with Crippen LogP contribution in [0.3, 0.4) is 0 Å². The number of rotatable bonds is 4. The summed E-state index contributed by atoms with van der Waals surface area (Å²) < 4.78 is 7.22. The Labute approximate surface area is 161 Å². The number of piperidine rings is 1. The van der Waals surface area contributed by atoms with E-state index < -0.39 is 0 Å². The molecule has 0 saturated carbocycles. The number of aromatic nitrogens is 3. The molecule has 1 N–H and O–H groups in total. The number of quaternary nitrogens is 1. The lowest BCUT2D eigenvalue weighted by atomic mass is 10.0. The van der Waals surface area contributed by atoms with Gasteiger partial charge in [-0.15, -0.1) is 21.5 Å². The fourth-order valence-electron chi connectivity index (χ4n) is 3.84. The largest absolute Gasteiger partial charge is 0.415 e. The topological polar surface area (TPSA) is 56.2 Å². The second kappa shape index (κ2) is 7.21. The van der Waals surface area contributed by atoms with Gasteiger partial charge in [0.25, 0.3) is 5.89 Å². The van der Waals surface area contributed by atoms with Gasteiger partial charge in [0.2, 0.25) is 5.89 Å². The molecule has 1 saturated heterocycles. The fraction of sp³-hybridized carbons (Fsp3) is 0.286. The normalized spacial score (nSPS) is 20.1. The number of likely N-dealkylation sites (tertiary alicyclic amines) is 1. The van der Waals surface area contributed by atoms with Crippen molar-refractivity contribution in [3.8, 4) is 11.5 Å². The van der Waals surface area contributed by atoms with Gasteiger partial charge >= 0.3 is 0 Å². The third-order valence-electron chi connectivity index (χ3n) is 5.21. The minimum Gasteiger partial charge on any atom is -0.415 e. The van der Waals surface area contributed by atoms with Crippen LogP contribution in [0.25, 0.3) is 21.7 Å². The van der Waals surface area contributed by atoms with Crippen LogP contribution in [-0.2, 0) is 6.54 Å². The van der Waals surface area contributed by atoms with Crippen molar-refractivity contribution in [1.82, 2.24) is 15.2 Å². The third-order valence-corrected chi connectivity index (χ3v) is 6.36. The number of nitrogens with zero attached hydrogens (tertiary/aromatic N) is 3. The van der Waals surface area contributed by atoms with Crippen molar-refractivity contribution in [2.24, 2.45) is 0 Å². The molecule has 2 atom stereocenters. The van der Waals surface area contributed by atoms with E-state index in [0.717, 1.165) is 30.6 Å². The van der Waals surface area contributed by atoms with Gasteiger partial charge in [-0.1, -0.05) is 30.3 Å². The lowest BCUT2D eigenvalue weighted by Crippen LogP contribution is -3.11. The van der Waals surface area contributed by atoms with E-state index in [1.807, 2.05) is 41.7 Å². The van der Waals surface area contributed by atoms with Crippen molar-refractivity contribution >= 4 is 21.6 Å². The average molecular weight is 377 g/mol. The molecule has 6 heteroatoms. The van der Waals surface area contributed by atoms with Gasteiger partial charge in [0.15, 0.2) is 11.6 Å². The molecule has 5 rings (SSSR count). The van der Waals surface area contributed by atoms with Gasteiger partial charge in [-0.3, -0.25) is 0 Å². The minimum atomic E-state index is 0.406. The Kier molecular flexibility index (Phi) is 4.43. The van der Waals surface area contributed by atoms with E-state index in [1.165, 1.54) is 27.4 Å². The monoisotopic (exact) mass is 377 g/mol. The molecule has 3 heterocycles. The number of thiazole rings is 1. The van der Waals surface area contributed by atoms with E-state index in [4.69, 9.17) is 9.40 Å². The summed E-state index contributed by atoms with van der Waals surface area (Å²) in [6, 6.07) is 18.7. The Morgan fingerprint density at radius 3 is 2.74 bits per heavy atom. The van der Waals surface area contributed by atoms with E-state index in [-0.39, 0.29) is 0 Å². The maximum absolute atomic E-state index is 5.96. The lowest BCUT2D eigenvalue weighted by molar-refractivity contribution is -0.951. The summed E-state index contributed by atoms with van der Waals surface area (Å²) in [7, 11) is 0. The molecular weight excluding hydrogens is 356 g/mol. The first-order chi connectivity index (χ1) is 13.4. The smallest absolute Gasteiger partial charge is 0.271 e. The molecule has 2 aromatic carbocycles. The quantitative estimate of drug-likeness (QED) is 0.590. The number of benzene rings is 2. The van der Waals surface area contributed by atoms with E-state index >= 15 is 0 Å². The Morgan fingerprint density at radius 2 is 1.85 bits per heavy atom. The second-order valence-electron chi connectivity index (χ2n) is 7.02. The van der Waals surface area contributed by atoms with Crippen LogP contribution in [0.15, 0.2) is 59.0 Å². The average Bonchev–Trinajstić information content (AvgIpc) is 3.36. The molecule has 4 aromatic rings. The summed E-state index contributed by atoms with van der Waals surface area (Å²) in [5.41, 5.74) is 2.07. The fourth-order valence-corrected chi connectivity index (χ4v) is 5.01. The summed E-state index contributed by atoms with van der Waals surface area (Å²) in [6.45, 7) is 1.87. The number of fused-ring (bicyclic) bond motifs is 1. The molecular formula is C21H21N4OS+. The minimum absolute atomic E-state index is 0.406. The van der Waals surface area contributed by atoms with Crippen LogP contribution in [0.1, 0.15) is 36.2 Å². The maximum atomic E-state index is 5.96. The molecule has 1 aliphatic rings. The summed E-state index contributed by atoms with van der Waals surface area (Å²) in [4.78, 5) is 6.39. The van der Waals surface area contributed by atoms with Gasteiger partial charge in [-0.25, -0.2) is 4.98 Å². The number of para-hydroxylation sites is 1. The molecule has 2 aromatic heterocycles. The van der Waals surface area contributed by atoms with Crippen molar-refractivity contribution in [3.63, 3.8) is 0 Å². The highest BCUT2D eigenvalue weighted by Crippen LogP contribution is 2.29. The van der Waals surface area contributed by atoms with Crippen LogP contribution >= 0.6 is 11.3 Å².